The summed E-state index contributed by atoms with van der Waals surface area (Å²) in [6, 6.07) is 17.9. The van der Waals surface area contributed by atoms with E-state index in [-0.39, 0.29) is 11.8 Å². The van der Waals surface area contributed by atoms with Gasteiger partial charge in [0.1, 0.15) is 0 Å². The zero-order chi connectivity index (χ0) is 19.9. The lowest BCUT2D eigenvalue weighted by Crippen LogP contribution is -2.50. The van der Waals surface area contributed by atoms with Crippen LogP contribution in [0.2, 0.25) is 0 Å². The number of likely N-dealkylation sites (tertiary alicyclic amines) is 1. The van der Waals surface area contributed by atoms with E-state index in [1.807, 2.05) is 17.0 Å². The molecule has 1 saturated heterocycles. The molecular formula is C23H29N3O2. The topological polar surface area (TPSA) is 52.7 Å². The number of nitrogens with zero attached hydrogens (tertiary/aromatic N) is 2. The van der Waals surface area contributed by atoms with Crippen LogP contribution in [0.5, 0.6) is 0 Å². The normalized spacial score (nSPS) is 16.8. The number of hydrogen-bond donors (Lipinski definition) is 1. The summed E-state index contributed by atoms with van der Waals surface area (Å²) in [6.45, 7) is 4.00. The fourth-order valence-corrected chi connectivity index (χ4v) is 3.65. The molecule has 5 heteroatoms. The Morgan fingerprint density at radius 1 is 1.14 bits per heavy atom. The molecule has 148 valence electrons. The van der Waals surface area contributed by atoms with Crippen LogP contribution in [0.1, 0.15) is 35.7 Å². The third-order valence-electron chi connectivity index (χ3n) is 5.42. The van der Waals surface area contributed by atoms with Gasteiger partial charge < -0.3 is 15.1 Å². The lowest BCUT2D eigenvalue weighted by atomic mass is 10.0. The summed E-state index contributed by atoms with van der Waals surface area (Å²) in [5.74, 6) is -0.00539. The third-order valence-corrected chi connectivity index (χ3v) is 5.42. The van der Waals surface area contributed by atoms with Crippen molar-refractivity contribution in [2.24, 2.45) is 0 Å². The maximum absolute atomic E-state index is 12.7. The molecule has 0 saturated carbocycles. The minimum Gasteiger partial charge on any atom is -0.323 e. The molecule has 1 heterocycles. The number of rotatable bonds is 6. The van der Waals surface area contributed by atoms with Gasteiger partial charge in [0, 0.05) is 36.9 Å². The highest BCUT2D eigenvalue weighted by Gasteiger charge is 2.26. The number of urea groups is 1. The summed E-state index contributed by atoms with van der Waals surface area (Å²) in [5, 5.41) is 2.94. The third kappa shape index (κ3) is 5.42. The zero-order valence-electron chi connectivity index (χ0n) is 16.7. The smallest absolute Gasteiger partial charge is 0.321 e. The van der Waals surface area contributed by atoms with Gasteiger partial charge in [-0.15, -0.1) is 0 Å². The van der Waals surface area contributed by atoms with Crippen LogP contribution in [0, 0.1) is 0 Å². The Balaban J connectivity index is 1.54. The van der Waals surface area contributed by atoms with Gasteiger partial charge in [-0.05, 0) is 50.9 Å². The molecule has 2 aromatic carbocycles. The summed E-state index contributed by atoms with van der Waals surface area (Å²) in [5.41, 5.74) is 2.61. The van der Waals surface area contributed by atoms with Crippen LogP contribution in [-0.4, -0.2) is 54.3 Å². The average molecular weight is 380 g/mol. The van der Waals surface area contributed by atoms with Gasteiger partial charge in [0.2, 0.25) is 0 Å². The van der Waals surface area contributed by atoms with E-state index in [1.54, 1.807) is 18.2 Å². The minimum atomic E-state index is -0.0955. The molecule has 1 atom stereocenters. The Hall–Kier alpha value is -2.66. The predicted octanol–water partition coefficient (Wildman–Crippen LogP) is 4.06. The lowest BCUT2D eigenvalue weighted by Gasteiger charge is -2.37. The Morgan fingerprint density at radius 2 is 1.93 bits per heavy atom. The fourth-order valence-electron chi connectivity index (χ4n) is 3.65. The molecule has 1 fully saturated rings. The second-order valence-corrected chi connectivity index (χ2v) is 7.53. The van der Waals surface area contributed by atoms with E-state index >= 15 is 0 Å². The number of benzene rings is 2. The van der Waals surface area contributed by atoms with Gasteiger partial charge in [0.25, 0.3) is 0 Å². The van der Waals surface area contributed by atoms with E-state index in [9.17, 15) is 9.59 Å². The molecule has 5 nitrogen and oxygen atoms in total. The average Bonchev–Trinajstić information content (AvgIpc) is 2.73. The van der Waals surface area contributed by atoms with Crippen molar-refractivity contribution in [3.05, 3.63) is 65.7 Å². The van der Waals surface area contributed by atoms with Crippen LogP contribution >= 0.6 is 0 Å². The van der Waals surface area contributed by atoms with Gasteiger partial charge in [-0.2, -0.15) is 0 Å². The van der Waals surface area contributed by atoms with E-state index < -0.39 is 0 Å². The van der Waals surface area contributed by atoms with Crippen LogP contribution in [0.15, 0.2) is 54.6 Å². The number of hydrogen-bond acceptors (Lipinski definition) is 3. The van der Waals surface area contributed by atoms with Crippen molar-refractivity contribution in [1.29, 1.82) is 0 Å². The first kappa shape index (κ1) is 20.1. The number of amides is 2. The van der Waals surface area contributed by atoms with Crippen LogP contribution in [-0.2, 0) is 6.42 Å². The highest BCUT2D eigenvalue weighted by atomic mass is 16.2. The minimum absolute atomic E-state index is 0.00539. The van der Waals surface area contributed by atoms with Crippen molar-refractivity contribution in [2.45, 2.75) is 32.2 Å². The Bertz CT molecular complexity index is 807. The first-order valence-electron chi connectivity index (χ1n) is 9.94. The predicted molar refractivity (Wildman–Crippen MR) is 113 cm³/mol. The molecule has 0 aromatic heterocycles. The van der Waals surface area contributed by atoms with Crippen molar-refractivity contribution in [3.8, 4) is 0 Å². The maximum atomic E-state index is 12.7. The Morgan fingerprint density at radius 3 is 2.68 bits per heavy atom. The molecule has 1 N–H and O–H groups in total. The van der Waals surface area contributed by atoms with Crippen molar-refractivity contribution in [1.82, 2.24) is 9.80 Å². The molecule has 2 aromatic rings. The molecule has 0 aliphatic carbocycles. The second kappa shape index (κ2) is 9.51. The molecule has 3 rings (SSSR count). The molecule has 1 aliphatic rings. The van der Waals surface area contributed by atoms with Crippen molar-refractivity contribution in [3.63, 3.8) is 0 Å². The van der Waals surface area contributed by atoms with Crippen LogP contribution in [0.4, 0.5) is 10.5 Å². The summed E-state index contributed by atoms with van der Waals surface area (Å²) in [7, 11) is 2.14. The number of Topliss-reactive ketones (excluding diaryl/α,β-unsaturated/α-hetero) is 1. The first-order valence-corrected chi connectivity index (χ1v) is 9.94. The largest absolute Gasteiger partial charge is 0.323 e. The van der Waals surface area contributed by atoms with Crippen LogP contribution < -0.4 is 5.32 Å². The second-order valence-electron chi connectivity index (χ2n) is 7.53. The highest BCUT2D eigenvalue weighted by Crippen LogP contribution is 2.18. The molecule has 2 amide bonds. The molecule has 28 heavy (non-hydrogen) atoms. The van der Waals surface area contributed by atoms with E-state index in [0.29, 0.717) is 17.3 Å². The SMILES string of the molecule is CC(=O)c1cccc(NC(=O)N2CCCC(N(C)CCc3ccccc3)C2)c1. The standard InChI is InChI=1S/C23H29N3O2/c1-18(27)20-10-6-11-21(16-20)24-23(28)26-14-7-12-22(17-26)25(2)15-13-19-8-4-3-5-9-19/h3-6,8-11,16,22H,7,12-15,17H2,1-2H3,(H,24,28). The van der Waals surface area contributed by atoms with E-state index in [1.165, 1.54) is 12.5 Å². The molecule has 1 aliphatic heterocycles. The fraction of sp³-hybridized carbons (Fsp3) is 0.391. The van der Waals surface area contributed by atoms with Crippen LogP contribution in [0.3, 0.4) is 0 Å². The van der Waals surface area contributed by atoms with E-state index in [2.05, 4.69) is 41.5 Å². The summed E-state index contributed by atoms with van der Waals surface area (Å²) < 4.78 is 0. The van der Waals surface area contributed by atoms with Gasteiger partial charge >= 0.3 is 6.03 Å². The molecule has 0 bridgehead atoms. The quantitative estimate of drug-likeness (QED) is 0.770. The number of carbonyl (C=O) groups excluding carboxylic acids is 2. The summed E-state index contributed by atoms with van der Waals surface area (Å²) in [6.07, 6.45) is 3.12. The lowest BCUT2D eigenvalue weighted by molar-refractivity contribution is 0.101. The number of likely N-dealkylation sites (N-methyl/N-ethyl adjacent to an activating group) is 1. The van der Waals surface area contributed by atoms with Crippen LogP contribution in [0.25, 0.3) is 0 Å². The Labute approximate surface area is 167 Å². The summed E-state index contributed by atoms with van der Waals surface area (Å²) >= 11 is 0. The van der Waals surface area contributed by atoms with Crippen molar-refractivity contribution >= 4 is 17.5 Å². The number of carbonyl (C=O) groups is 2. The monoisotopic (exact) mass is 379 g/mol. The van der Waals surface area contributed by atoms with E-state index in [0.717, 1.165) is 38.9 Å². The zero-order valence-corrected chi connectivity index (χ0v) is 16.7. The number of anilines is 1. The van der Waals surface area contributed by atoms with Gasteiger partial charge in [-0.25, -0.2) is 4.79 Å². The van der Waals surface area contributed by atoms with E-state index in [4.69, 9.17) is 0 Å². The van der Waals surface area contributed by atoms with Gasteiger partial charge in [0.05, 0.1) is 0 Å². The molecular weight excluding hydrogens is 350 g/mol. The van der Waals surface area contributed by atoms with Crippen molar-refractivity contribution in [2.75, 3.05) is 32.0 Å². The number of piperidine rings is 1. The van der Waals surface area contributed by atoms with Gasteiger partial charge in [-0.1, -0.05) is 42.5 Å². The highest BCUT2D eigenvalue weighted by molar-refractivity contribution is 5.96. The number of nitrogens with one attached hydrogen (secondary N) is 1. The first-order chi connectivity index (χ1) is 13.5. The van der Waals surface area contributed by atoms with Gasteiger partial charge in [-0.3, -0.25) is 4.79 Å². The summed E-state index contributed by atoms with van der Waals surface area (Å²) in [4.78, 5) is 28.5. The molecule has 0 spiro atoms. The molecule has 1 unspecified atom stereocenters. The van der Waals surface area contributed by atoms with Gasteiger partial charge in [0.15, 0.2) is 5.78 Å². The molecule has 0 radical (unpaired) electrons. The maximum Gasteiger partial charge on any atom is 0.321 e. The number of ketones is 1. The Kier molecular flexibility index (Phi) is 6.82. The van der Waals surface area contributed by atoms with Crippen molar-refractivity contribution < 1.29 is 9.59 Å².